The average Bonchev–Trinajstić information content (AvgIpc) is 2.63. The fourth-order valence-electron chi connectivity index (χ4n) is 4.16. The van der Waals surface area contributed by atoms with Gasteiger partial charge in [0, 0.05) is 19.7 Å². The first-order valence-corrected chi connectivity index (χ1v) is 11.8. The number of nitrogens with zero attached hydrogens (tertiary/aromatic N) is 1. The van der Waals surface area contributed by atoms with E-state index in [4.69, 9.17) is 10.5 Å². The fourth-order valence-corrected chi connectivity index (χ4v) is 6.76. The third-order valence-corrected chi connectivity index (χ3v) is 8.53. The molecule has 160 valence electrons. The molecular formula is C19H37ClN2O4S. The van der Waals surface area contributed by atoms with Crippen LogP contribution in [-0.4, -0.2) is 62.1 Å². The minimum Gasteiger partial charge on any atom is -0.378 e. The van der Waals surface area contributed by atoms with E-state index >= 15 is 0 Å². The Morgan fingerprint density at radius 3 is 2.22 bits per heavy atom. The van der Waals surface area contributed by atoms with Crippen molar-refractivity contribution in [3.8, 4) is 0 Å². The monoisotopic (exact) mass is 424 g/mol. The number of amides is 1. The lowest BCUT2D eigenvalue weighted by Crippen LogP contribution is -2.51. The van der Waals surface area contributed by atoms with E-state index < -0.39 is 15.1 Å². The zero-order valence-corrected chi connectivity index (χ0v) is 18.4. The molecule has 8 heteroatoms. The predicted molar refractivity (Wildman–Crippen MR) is 111 cm³/mol. The van der Waals surface area contributed by atoms with Gasteiger partial charge in [0.2, 0.25) is 5.91 Å². The highest BCUT2D eigenvalue weighted by molar-refractivity contribution is 7.93. The normalized spacial score (nSPS) is 21.1. The van der Waals surface area contributed by atoms with Gasteiger partial charge in [-0.25, -0.2) is 8.42 Å². The molecular weight excluding hydrogens is 388 g/mol. The number of carbonyl (C=O) groups is 1. The van der Waals surface area contributed by atoms with Crippen LogP contribution in [0.4, 0.5) is 0 Å². The molecule has 0 aromatic rings. The van der Waals surface area contributed by atoms with Crippen LogP contribution in [0.5, 0.6) is 0 Å². The number of likely N-dealkylation sites (tertiary alicyclic amines) is 1. The quantitative estimate of drug-likeness (QED) is 0.604. The maximum Gasteiger partial charge on any atom is 0.241 e. The highest BCUT2D eigenvalue weighted by Crippen LogP contribution is 2.30. The summed E-state index contributed by atoms with van der Waals surface area (Å²) in [6, 6.07) is 0. The summed E-state index contributed by atoms with van der Waals surface area (Å²) in [4.78, 5) is 14.8. The number of piperidine rings is 1. The first-order chi connectivity index (χ1) is 12.4. The first kappa shape index (κ1) is 24.7. The highest BCUT2D eigenvalue weighted by atomic mass is 35.5. The summed E-state index contributed by atoms with van der Waals surface area (Å²) in [7, 11) is -3.44. The molecule has 2 rings (SSSR count). The number of carbonyl (C=O) groups excluding carboxylic acids is 1. The Morgan fingerprint density at radius 1 is 1.11 bits per heavy atom. The van der Waals surface area contributed by atoms with E-state index in [1.54, 1.807) is 4.90 Å². The average molecular weight is 425 g/mol. The van der Waals surface area contributed by atoms with Crippen LogP contribution in [0.3, 0.4) is 0 Å². The number of hydrogen-bond acceptors (Lipinski definition) is 5. The van der Waals surface area contributed by atoms with Gasteiger partial charge in [0.15, 0.2) is 9.84 Å². The van der Waals surface area contributed by atoms with Gasteiger partial charge in [0.1, 0.15) is 5.25 Å². The Bertz CT molecular complexity index is 542. The Hall–Kier alpha value is -0.370. The number of nitrogens with two attached hydrogens (primary N) is 1. The van der Waals surface area contributed by atoms with Gasteiger partial charge in [-0.1, -0.05) is 33.1 Å². The van der Waals surface area contributed by atoms with E-state index in [2.05, 4.69) is 0 Å². The van der Waals surface area contributed by atoms with E-state index in [0.29, 0.717) is 39.1 Å². The van der Waals surface area contributed by atoms with Crippen LogP contribution in [0.15, 0.2) is 0 Å². The van der Waals surface area contributed by atoms with Crippen molar-refractivity contribution in [3.63, 3.8) is 0 Å². The highest BCUT2D eigenvalue weighted by Gasteiger charge is 2.43. The number of hydrogen-bond donors (Lipinski definition) is 1. The number of sulfone groups is 1. The van der Waals surface area contributed by atoms with E-state index in [-0.39, 0.29) is 35.6 Å². The Kier molecular flexibility index (Phi) is 10.6. The Morgan fingerprint density at radius 2 is 1.70 bits per heavy atom. The van der Waals surface area contributed by atoms with E-state index in [1.165, 1.54) is 0 Å². The molecule has 1 saturated carbocycles. The molecule has 2 fully saturated rings. The molecule has 6 nitrogen and oxygen atoms in total. The maximum atomic E-state index is 13.2. The van der Waals surface area contributed by atoms with Crippen molar-refractivity contribution in [2.75, 3.05) is 26.2 Å². The summed E-state index contributed by atoms with van der Waals surface area (Å²) in [6.07, 6.45) is 6.94. The van der Waals surface area contributed by atoms with Gasteiger partial charge in [-0.3, -0.25) is 4.79 Å². The lowest BCUT2D eigenvalue weighted by Gasteiger charge is -2.36. The van der Waals surface area contributed by atoms with Crippen LogP contribution < -0.4 is 5.73 Å². The van der Waals surface area contributed by atoms with E-state index in [9.17, 15) is 13.2 Å². The molecule has 27 heavy (non-hydrogen) atoms. The molecule has 0 spiro atoms. The van der Waals surface area contributed by atoms with Gasteiger partial charge in [-0.15, -0.1) is 12.4 Å². The van der Waals surface area contributed by atoms with E-state index in [0.717, 1.165) is 38.5 Å². The molecule has 0 radical (unpaired) electrons. The van der Waals surface area contributed by atoms with Crippen molar-refractivity contribution in [2.24, 2.45) is 11.7 Å². The Labute approximate surface area is 170 Å². The molecule has 1 saturated heterocycles. The van der Waals surface area contributed by atoms with Crippen molar-refractivity contribution in [1.29, 1.82) is 0 Å². The Balaban J connectivity index is 0.00000364. The summed E-state index contributed by atoms with van der Waals surface area (Å²) < 4.78 is 32.1. The smallest absolute Gasteiger partial charge is 0.241 e. The number of halogens is 1. The zero-order chi connectivity index (χ0) is 19.2. The number of rotatable bonds is 8. The molecule has 0 bridgehead atoms. The largest absolute Gasteiger partial charge is 0.378 e. The van der Waals surface area contributed by atoms with Crippen LogP contribution in [0.2, 0.25) is 0 Å². The SMILES string of the molecule is CC(C)C(C(=O)N1CCC(OCCCN)CC1)S(=O)(=O)C1CCCCC1.Cl. The summed E-state index contributed by atoms with van der Waals surface area (Å²) in [6.45, 7) is 6.13. The van der Waals surface area contributed by atoms with Gasteiger partial charge in [-0.2, -0.15) is 0 Å². The van der Waals surface area contributed by atoms with Crippen LogP contribution in [0.25, 0.3) is 0 Å². The molecule has 1 amide bonds. The van der Waals surface area contributed by atoms with Gasteiger partial charge in [-0.05, 0) is 44.6 Å². The number of ether oxygens (including phenoxy) is 1. The third kappa shape index (κ3) is 6.58. The molecule has 1 unspecified atom stereocenters. The molecule has 0 aromatic carbocycles. The first-order valence-electron chi connectivity index (χ1n) is 10.2. The maximum absolute atomic E-state index is 13.2. The molecule has 1 atom stereocenters. The lowest BCUT2D eigenvalue weighted by atomic mass is 10.0. The lowest BCUT2D eigenvalue weighted by molar-refractivity contribution is -0.134. The van der Waals surface area contributed by atoms with Crippen molar-refractivity contribution >= 4 is 28.2 Å². The van der Waals surface area contributed by atoms with Gasteiger partial charge in [0.05, 0.1) is 11.4 Å². The minimum absolute atomic E-state index is 0. The standard InChI is InChI=1S/C19H36N2O4S.ClH/c1-15(2)18(26(23,24)17-7-4-3-5-8-17)19(22)21-12-9-16(10-13-21)25-14-6-11-20;/h15-18H,3-14,20H2,1-2H3;1H. The fraction of sp³-hybridized carbons (Fsp3) is 0.947. The van der Waals surface area contributed by atoms with Crippen molar-refractivity contribution in [2.45, 2.75) is 81.8 Å². The minimum atomic E-state index is -3.44. The molecule has 1 aliphatic carbocycles. The van der Waals surface area contributed by atoms with Crippen molar-refractivity contribution in [3.05, 3.63) is 0 Å². The summed E-state index contributed by atoms with van der Waals surface area (Å²) in [5, 5.41) is -1.25. The van der Waals surface area contributed by atoms with Crippen LogP contribution in [0, 0.1) is 5.92 Å². The van der Waals surface area contributed by atoms with Crippen LogP contribution >= 0.6 is 12.4 Å². The summed E-state index contributed by atoms with van der Waals surface area (Å²) in [5.41, 5.74) is 5.48. The summed E-state index contributed by atoms with van der Waals surface area (Å²) >= 11 is 0. The van der Waals surface area contributed by atoms with Gasteiger partial charge < -0.3 is 15.4 Å². The summed E-state index contributed by atoms with van der Waals surface area (Å²) in [5.74, 6) is -0.404. The second-order valence-corrected chi connectivity index (χ2v) is 10.4. The zero-order valence-electron chi connectivity index (χ0n) is 16.8. The molecule has 1 heterocycles. The second kappa shape index (κ2) is 11.6. The molecule has 2 N–H and O–H groups in total. The third-order valence-electron chi connectivity index (χ3n) is 5.68. The van der Waals surface area contributed by atoms with E-state index in [1.807, 2.05) is 13.8 Å². The predicted octanol–water partition coefficient (Wildman–Crippen LogP) is 2.54. The molecule has 0 aromatic heterocycles. The van der Waals surface area contributed by atoms with Gasteiger partial charge in [0.25, 0.3) is 0 Å². The topological polar surface area (TPSA) is 89.7 Å². The van der Waals surface area contributed by atoms with Crippen LogP contribution in [-0.2, 0) is 19.4 Å². The van der Waals surface area contributed by atoms with Gasteiger partial charge >= 0.3 is 0 Å². The van der Waals surface area contributed by atoms with Crippen LogP contribution in [0.1, 0.15) is 65.2 Å². The molecule has 2 aliphatic rings. The van der Waals surface area contributed by atoms with Crippen molar-refractivity contribution < 1.29 is 17.9 Å². The molecule has 1 aliphatic heterocycles. The second-order valence-electron chi connectivity index (χ2n) is 8.05. The van der Waals surface area contributed by atoms with Crippen molar-refractivity contribution in [1.82, 2.24) is 4.90 Å².